The number of ether oxygens (including phenoxy) is 1. The molecule has 9 heteroatoms. The highest BCUT2D eigenvalue weighted by molar-refractivity contribution is 5.98. The smallest absolute Gasteiger partial charge is 0.326 e. The van der Waals surface area contributed by atoms with Gasteiger partial charge in [-0.2, -0.15) is 0 Å². The fraction of sp³-hybridized carbons (Fsp3) is 0.273. The van der Waals surface area contributed by atoms with E-state index in [1.54, 1.807) is 42.5 Å². The minimum atomic E-state index is -0.453. The number of rotatable bonds is 6. The van der Waals surface area contributed by atoms with Crippen LogP contribution in [0.5, 0.6) is 11.5 Å². The van der Waals surface area contributed by atoms with E-state index in [-0.39, 0.29) is 22.9 Å². The third-order valence-corrected chi connectivity index (χ3v) is 4.16. The van der Waals surface area contributed by atoms with Gasteiger partial charge in [-0.05, 0) is 37.3 Å². The van der Waals surface area contributed by atoms with Crippen molar-refractivity contribution in [3.05, 3.63) is 60.0 Å². The van der Waals surface area contributed by atoms with E-state index in [9.17, 15) is 9.59 Å². The third-order valence-electron chi connectivity index (χ3n) is 4.16. The normalized spacial score (nSPS) is 11.0. The third kappa shape index (κ3) is 6.05. The maximum atomic E-state index is 12.2. The van der Waals surface area contributed by atoms with Crippen LogP contribution in [0.25, 0.3) is 0 Å². The minimum Gasteiger partial charge on any atom is -0.457 e. The van der Waals surface area contributed by atoms with Crippen molar-refractivity contribution >= 4 is 23.5 Å². The molecule has 0 fully saturated rings. The molecule has 162 valence electrons. The Bertz CT molecular complexity index is 1050. The number of anilines is 2. The number of nitrogens with zero attached hydrogens (tertiary/aromatic N) is 2. The first-order valence-corrected chi connectivity index (χ1v) is 9.82. The molecule has 0 atom stereocenters. The number of benzene rings is 1. The van der Waals surface area contributed by atoms with Gasteiger partial charge in [0.25, 0.3) is 5.91 Å². The monoisotopic (exact) mass is 423 g/mol. The van der Waals surface area contributed by atoms with Gasteiger partial charge in [0.15, 0.2) is 0 Å². The van der Waals surface area contributed by atoms with Gasteiger partial charge in [-0.15, -0.1) is 0 Å². The average Bonchev–Trinajstić information content (AvgIpc) is 3.19. The largest absolute Gasteiger partial charge is 0.457 e. The molecule has 2 heterocycles. The first-order valence-electron chi connectivity index (χ1n) is 9.82. The standard InChI is InChI=1S/C22H25N5O4/c1-5-23-20(28)17-12-16(10-11-24-17)30-15-8-6-14(7-9-15)25-21(29)26-19-13-18(27-31-19)22(2,3)4/h6-13H,5H2,1-4H3,(H,23,28)(H2,25,26,29). The fourth-order valence-electron chi connectivity index (χ4n) is 2.55. The number of hydrogen-bond donors (Lipinski definition) is 3. The van der Waals surface area contributed by atoms with Gasteiger partial charge >= 0.3 is 6.03 Å². The Morgan fingerprint density at radius 1 is 1.03 bits per heavy atom. The van der Waals surface area contributed by atoms with Crippen LogP contribution in [0.1, 0.15) is 43.9 Å². The van der Waals surface area contributed by atoms with E-state index in [0.717, 1.165) is 5.69 Å². The number of carbonyl (C=O) groups excluding carboxylic acids is 2. The second-order valence-electron chi connectivity index (χ2n) is 7.77. The van der Waals surface area contributed by atoms with Gasteiger partial charge in [0.1, 0.15) is 17.2 Å². The summed E-state index contributed by atoms with van der Waals surface area (Å²) in [6.07, 6.45) is 1.51. The van der Waals surface area contributed by atoms with Crippen LogP contribution < -0.4 is 20.7 Å². The predicted octanol–water partition coefficient (Wildman–Crippen LogP) is 4.55. The molecule has 31 heavy (non-hydrogen) atoms. The van der Waals surface area contributed by atoms with E-state index in [4.69, 9.17) is 9.26 Å². The molecule has 3 aromatic rings. The number of carbonyl (C=O) groups is 2. The molecule has 0 aliphatic heterocycles. The van der Waals surface area contributed by atoms with Crippen molar-refractivity contribution in [2.75, 3.05) is 17.2 Å². The Hall–Kier alpha value is -3.88. The molecular formula is C22H25N5O4. The Morgan fingerprint density at radius 3 is 2.42 bits per heavy atom. The molecule has 1 aromatic carbocycles. The van der Waals surface area contributed by atoms with Crippen LogP contribution in [-0.2, 0) is 5.41 Å². The maximum absolute atomic E-state index is 12.2. The molecule has 0 radical (unpaired) electrons. The zero-order chi connectivity index (χ0) is 22.4. The number of hydrogen-bond acceptors (Lipinski definition) is 6. The van der Waals surface area contributed by atoms with Crippen molar-refractivity contribution in [3.63, 3.8) is 0 Å². The maximum Gasteiger partial charge on any atom is 0.326 e. The van der Waals surface area contributed by atoms with E-state index in [2.05, 4.69) is 26.1 Å². The average molecular weight is 423 g/mol. The number of amides is 3. The highest BCUT2D eigenvalue weighted by atomic mass is 16.5. The summed E-state index contributed by atoms with van der Waals surface area (Å²) in [5.41, 5.74) is 1.41. The summed E-state index contributed by atoms with van der Waals surface area (Å²) in [6.45, 7) is 8.37. The van der Waals surface area contributed by atoms with Gasteiger partial charge in [-0.1, -0.05) is 25.9 Å². The molecule has 9 nitrogen and oxygen atoms in total. The van der Waals surface area contributed by atoms with Crippen LogP contribution in [0, 0.1) is 0 Å². The molecule has 0 saturated heterocycles. The van der Waals surface area contributed by atoms with Crippen LogP contribution in [-0.4, -0.2) is 28.6 Å². The van der Waals surface area contributed by atoms with Gasteiger partial charge in [0.2, 0.25) is 5.88 Å². The van der Waals surface area contributed by atoms with Crippen LogP contribution >= 0.6 is 0 Å². The number of pyridine rings is 1. The highest BCUT2D eigenvalue weighted by Crippen LogP contribution is 2.25. The summed E-state index contributed by atoms with van der Waals surface area (Å²) in [6, 6.07) is 11.3. The molecule has 3 N–H and O–H groups in total. The Balaban J connectivity index is 1.58. The molecule has 3 rings (SSSR count). The van der Waals surface area contributed by atoms with Crippen molar-refractivity contribution in [3.8, 4) is 11.5 Å². The van der Waals surface area contributed by atoms with Gasteiger partial charge < -0.3 is 19.9 Å². The molecule has 0 unspecified atom stereocenters. The quantitative estimate of drug-likeness (QED) is 0.535. The molecule has 0 spiro atoms. The van der Waals surface area contributed by atoms with E-state index < -0.39 is 6.03 Å². The first kappa shape index (κ1) is 21.8. The SMILES string of the molecule is CCNC(=O)c1cc(Oc2ccc(NC(=O)Nc3cc(C(C)(C)C)no3)cc2)ccn1. The fourth-order valence-corrected chi connectivity index (χ4v) is 2.55. The van der Waals surface area contributed by atoms with E-state index >= 15 is 0 Å². The lowest BCUT2D eigenvalue weighted by molar-refractivity contribution is 0.0950. The first-order chi connectivity index (χ1) is 14.7. The molecule has 2 aromatic heterocycles. The highest BCUT2D eigenvalue weighted by Gasteiger charge is 2.19. The lowest BCUT2D eigenvalue weighted by Crippen LogP contribution is -2.23. The van der Waals surface area contributed by atoms with Crippen molar-refractivity contribution in [2.24, 2.45) is 0 Å². The topological polar surface area (TPSA) is 118 Å². The van der Waals surface area contributed by atoms with Crippen molar-refractivity contribution in [2.45, 2.75) is 33.1 Å². The molecular weight excluding hydrogens is 398 g/mol. The number of nitrogens with one attached hydrogen (secondary N) is 3. The van der Waals surface area contributed by atoms with Crippen LogP contribution in [0.3, 0.4) is 0 Å². The van der Waals surface area contributed by atoms with Crippen molar-refractivity contribution in [1.82, 2.24) is 15.5 Å². The molecule has 0 aliphatic carbocycles. The van der Waals surface area contributed by atoms with Gasteiger partial charge in [0.05, 0.1) is 5.69 Å². The summed E-state index contributed by atoms with van der Waals surface area (Å²) in [5, 5.41) is 12.0. The van der Waals surface area contributed by atoms with E-state index in [1.165, 1.54) is 6.20 Å². The van der Waals surface area contributed by atoms with E-state index in [1.807, 2.05) is 27.7 Å². The zero-order valence-electron chi connectivity index (χ0n) is 17.9. The summed E-state index contributed by atoms with van der Waals surface area (Å²) in [5.74, 6) is 1.03. The van der Waals surface area contributed by atoms with E-state index in [0.29, 0.717) is 23.7 Å². The lowest BCUT2D eigenvalue weighted by atomic mass is 9.92. The number of aromatic nitrogens is 2. The van der Waals surface area contributed by atoms with Gasteiger partial charge in [-0.25, -0.2) is 4.79 Å². The predicted molar refractivity (Wildman–Crippen MR) is 117 cm³/mol. The van der Waals surface area contributed by atoms with Crippen molar-refractivity contribution in [1.29, 1.82) is 0 Å². The van der Waals surface area contributed by atoms with Crippen molar-refractivity contribution < 1.29 is 18.8 Å². The minimum absolute atomic E-state index is 0.175. The van der Waals surface area contributed by atoms with Crippen LogP contribution in [0.2, 0.25) is 0 Å². The Morgan fingerprint density at radius 2 is 1.77 bits per heavy atom. The van der Waals surface area contributed by atoms with Gasteiger partial charge in [0, 0.05) is 36.0 Å². The zero-order valence-corrected chi connectivity index (χ0v) is 17.9. The van der Waals surface area contributed by atoms with Crippen LogP contribution in [0.15, 0.2) is 53.2 Å². The lowest BCUT2D eigenvalue weighted by Gasteiger charge is -2.12. The second kappa shape index (κ2) is 9.29. The number of urea groups is 1. The van der Waals surface area contributed by atoms with Gasteiger partial charge in [-0.3, -0.25) is 15.1 Å². The van der Waals surface area contributed by atoms with Crippen LogP contribution in [0.4, 0.5) is 16.4 Å². The Labute approximate surface area is 180 Å². The summed E-state index contributed by atoms with van der Waals surface area (Å²) >= 11 is 0. The summed E-state index contributed by atoms with van der Waals surface area (Å²) in [4.78, 5) is 28.1. The Kier molecular flexibility index (Phi) is 6.54. The molecule has 3 amide bonds. The summed E-state index contributed by atoms with van der Waals surface area (Å²) < 4.78 is 10.9. The molecule has 0 bridgehead atoms. The molecule has 0 aliphatic rings. The molecule has 0 saturated carbocycles. The summed E-state index contributed by atoms with van der Waals surface area (Å²) in [7, 11) is 0. The second-order valence-corrected chi connectivity index (χ2v) is 7.77.